The second-order valence-corrected chi connectivity index (χ2v) is 3.66. The molecule has 0 bridgehead atoms. The van der Waals surface area contributed by atoms with E-state index in [-0.39, 0.29) is 5.56 Å². The van der Waals surface area contributed by atoms with Gasteiger partial charge >= 0.3 is 0 Å². The third-order valence-corrected chi connectivity index (χ3v) is 2.41. The standard InChI is InChI=1S/C7H9IN2O/c1-4(2)6-5(8)7(11)10-3-9-6/h3-4H,1-2H3,(H,9,10,11). The summed E-state index contributed by atoms with van der Waals surface area (Å²) in [6.07, 6.45) is 1.44. The highest BCUT2D eigenvalue weighted by atomic mass is 127. The Balaban J connectivity index is 3.28. The normalized spacial score (nSPS) is 10.5. The van der Waals surface area contributed by atoms with Crippen molar-refractivity contribution in [3.63, 3.8) is 0 Å². The van der Waals surface area contributed by atoms with Crippen LogP contribution in [0.25, 0.3) is 0 Å². The average Bonchev–Trinajstić information content (AvgIpc) is 1.94. The second-order valence-electron chi connectivity index (χ2n) is 2.59. The van der Waals surface area contributed by atoms with Gasteiger partial charge in [-0.3, -0.25) is 4.79 Å². The van der Waals surface area contributed by atoms with Crippen molar-refractivity contribution in [3.05, 3.63) is 25.9 Å². The lowest BCUT2D eigenvalue weighted by molar-refractivity contribution is 0.799. The van der Waals surface area contributed by atoms with Gasteiger partial charge in [0.15, 0.2) is 0 Å². The molecular formula is C7H9IN2O. The first-order chi connectivity index (χ1) is 5.13. The number of hydrogen-bond acceptors (Lipinski definition) is 2. The number of H-pyrrole nitrogens is 1. The number of nitrogens with one attached hydrogen (secondary N) is 1. The molecule has 60 valence electrons. The molecule has 0 aliphatic carbocycles. The highest BCUT2D eigenvalue weighted by molar-refractivity contribution is 14.1. The fraction of sp³-hybridized carbons (Fsp3) is 0.429. The van der Waals surface area contributed by atoms with Gasteiger partial charge < -0.3 is 4.98 Å². The van der Waals surface area contributed by atoms with Crippen molar-refractivity contribution in [2.75, 3.05) is 0 Å². The zero-order valence-electron chi connectivity index (χ0n) is 6.39. The van der Waals surface area contributed by atoms with Gasteiger partial charge in [-0.1, -0.05) is 13.8 Å². The molecule has 0 unspecified atom stereocenters. The molecule has 0 fully saturated rings. The Bertz CT molecular complexity index is 306. The molecule has 1 rings (SSSR count). The fourth-order valence-corrected chi connectivity index (χ4v) is 1.72. The SMILES string of the molecule is CC(C)c1nc[nH]c(=O)c1I. The molecule has 3 nitrogen and oxygen atoms in total. The van der Waals surface area contributed by atoms with E-state index in [1.165, 1.54) is 6.33 Å². The van der Waals surface area contributed by atoms with Crippen LogP contribution in [0.4, 0.5) is 0 Å². The van der Waals surface area contributed by atoms with Crippen molar-refractivity contribution in [2.24, 2.45) is 0 Å². The largest absolute Gasteiger partial charge is 0.312 e. The van der Waals surface area contributed by atoms with Crippen LogP contribution >= 0.6 is 22.6 Å². The van der Waals surface area contributed by atoms with E-state index in [9.17, 15) is 4.79 Å². The van der Waals surface area contributed by atoms with E-state index in [1.54, 1.807) is 0 Å². The second kappa shape index (κ2) is 3.34. The van der Waals surface area contributed by atoms with E-state index in [0.29, 0.717) is 9.49 Å². The van der Waals surface area contributed by atoms with Crippen LogP contribution in [0.15, 0.2) is 11.1 Å². The van der Waals surface area contributed by atoms with Crippen LogP contribution in [0, 0.1) is 3.57 Å². The molecule has 1 aromatic heterocycles. The Labute approximate surface area is 78.4 Å². The van der Waals surface area contributed by atoms with E-state index in [0.717, 1.165) is 5.69 Å². The summed E-state index contributed by atoms with van der Waals surface area (Å²) in [5.41, 5.74) is 0.818. The first-order valence-corrected chi connectivity index (χ1v) is 4.44. The first-order valence-electron chi connectivity index (χ1n) is 3.36. The summed E-state index contributed by atoms with van der Waals surface area (Å²) in [5.74, 6) is 0.309. The molecule has 0 aliphatic heterocycles. The monoisotopic (exact) mass is 264 g/mol. The van der Waals surface area contributed by atoms with E-state index in [1.807, 2.05) is 36.4 Å². The molecule has 0 aliphatic rings. The molecule has 0 spiro atoms. The van der Waals surface area contributed by atoms with Crippen molar-refractivity contribution >= 4 is 22.6 Å². The van der Waals surface area contributed by atoms with Crippen molar-refractivity contribution in [2.45, 2.75) is 19.8 Å². The van der Waals surface area contributed by atoms with Crippen molar-refractivity contribution in [1.29, 1.82) is 0 Å². The third kappa shape index (κ3) is 1.79. The van der Waals surface area contributed by atoms with E-state index in [2.05, 4.69) is 9.97 Å². The van der Waals surface area contributed by atoms with Crippen molar-refractivity contribution < 1.29 is 0 Å². The van der Waals surface area contributed by atoms with Crippen molar-refractivity contribution in [1.82, 2.24) is 9.97 Å². The molecule has 0 amide bonds. The van der Waals surface area contributed by atoms with Gasteiger partial charge in [0.05, 0.1) is 15.6 Å². The van der Waals surface area contributed by atoms with E-state index < -0.39 is 0 Å². The average molecular weight is 264 g/mol. The number of halogens is 1. The fourth-order valence-electron chi connectivity index (χ4n) is 0.799. The molecule has 0 saturated heterocycles. The van der Waals surface area contributed by atoms with Crippen LogP contribution in [-0.2, 0) is 0 Å². The van der Waals surface area contributed by atoms with Gasteiger partial charge in [0.2, 0.25) is 0 Å². The van der Waals surface area contributed by atoms with Gasteiger partial charge in [-0.2, -0.15) is 0 Å². The van der Waals surface area contributed by atoms with E-state index >= 15 is 0 Å². The molecule has 0 aromatic carbocycles. The summed E-state index contributed by atoms with van der Waals surface area (Å²) >= 11 is 2.01. The number of rotatable bonds is 1. The quantitative estimate of drug-likeness (QED) is 0.781. The molecule has 1 N–H and O–H groups in total. The highest BCUT2D eigenvalue weighted by Gasteiger charge is 2.07. The Morgan fingerprint density at radius 2 is 2.27 bits per heavy atom. The van der Waals surface area contributed by atoms with Crippen LogP contribution in [0.2, 0.25) is 0 Å². The van der Waals surface area contributed by atoms with Crippen LogP contribution in [-0.4, -0.2) is 9.97 Å². The predicted octanol–water partition coefficient (Wildman–Crippen LogP) is 1.50. The summed E-state index contributed by atoms with van der Waals surface area (Å²) in [5, 5.41) is 0. The Morgan fingerprint density at radius 1 is 1.64 bits per heavy atom. The van der Waals surface area contributed by atoms with Crippen LogP contribution < -0.4 is 5.56 Å². The lowest BCUT2D eigenvalue weighted by Gasteiger charge is -2.03. The summed E-state index contributed by atoms with van der Waals surface area (Å²) in [6, 6.07) is 0. The molecule has 4 heteroatoms. The first kappa shape index (κ1) is 8.70. The smallest absolute Gasteiger partial charge is 0.264 e. The van der Waals surface area contributed by atoms with Gasteiger partial charge in [-0.25, -0.2) is 4.98 Å². The zero-order chi connectivity index (χ0) is 8.43. The number of aromatic amines is 1. The van der Waals surface area contributed by atoms with Crippen LogP contribution in [0.1, 0.15) is 25.5 Å². The number of aromatic nitrogens is 2. The lowest BCUT2D eigenvalue weighted by atomic mass is 10.1. The van der Waals surface area contributed by atoms with Gasteiger partial charge in [0, 0.05) is 0 Å². The molecule has 0 radical (unpaired) electrons. The van der Waals surface area contributed by atoms with Crippen LogP contribution in [0.3, 0.4) is 0 Å². The molecular weight excluding hydrogens is 255 g/mol. The molecule has 11 heavy (non-hydrogen) atoms. The summed E-state index contributed by atoms with van der Waals surface area (Å²) < 4.78 is 0.695. The Hall–Kier alpha value is -0.390. The summed E-state index contributed by atoms with van der Waals surface area (Å²) in [4.78, 5) is 17.6. The maximum absolute atomic E-state index is 11.0. The minimum absolute atomic E-state index is 0.0516. The molecule has 0 atom stereocenters. The maximum atomic E-state index is 11.0. The topological polar surface area (TPSA) is 45.8 Å². The van der Waals surface area contributed by atoms with E-state index in [4.69, 9.17) is 0 Å². The Kier molecular flexibility index (Phi) is 2.64. The minimum Gasteiger partial charge on any atom is -0.312 e. The van der Waals surface area contributed by atoms with Gasteiger partial charge in [0.25, 0.3) is 5.56 Å². The zero-order valence-corrected chi connectivity index (χ0v) is 8.55. The summed E-state index contributed by atoms with van der Waals surface area (Å²) in [7, 11) is 0. The number of hydrogen-bond donors (Lipinski definition) is 1. The maximum Gasteiger partial charge on any atom is 0.264 e. The summed E-state index contributed by atoms with van der Waals surface area (Å²) in [6.45, 7) is 4.04. The third-order valence-electron chi connectivity index (χ3n) is 1.37. The molecule has 0 saturated carbocycles. The van der Waals surface area contributed by atoms with Gasteiger partial charge in [-0.15, -0.1) is 0 Å². The van der Waals surface area contributed by atoms with Gasteiger partial charge in [-0.05, 0) is 28.5 Å². The molecule has 1 heterocycles. The highest BCUT2D eigenvalue weighted by Crippen LogP contribution is 2.13. The van der Waals surface area contributed by atoms with Crippen LogP contribution in [0.5, 0.6) is 0 Å². The predicted molar refractivity (Wildman–Crippen MR) is 51.7 cm³/mol. The number of nitrogens with zero attached hydrogens (tertiary/aromatic N) is 1. The molecule has 1 aromatic rings. The van der Waals surface area contributed by atoms with Crippen molar-refractivity contribution in [3.8, 4) is 0 Å². The van der Waals surface area contributed by atoms with Gasteiger partial charge in [0.1, 0.15) is 0 Å². The Morgan fingerprint density at radius 3 is 2.73 bits per heavy atom. The minimum atomic E-state index is -0.0516. The lowest BCUT2D eigenvalue weighted by Crippen LogP contribution is -2.14.